The lowest BCUT2D eigenvalue weighted by Gasteiger charge is -2.31. The van der Waals surface area contributed by atoms with E-state index in [0.717, 1.165) is 0 Å². The van der Waals surface area contributed by atoms with E-state index in [0.29, 0.717) is 23.5 Å². The summed E-state index contributed by atoms with van der Waals surface area (Å²) in [5, 5.41) is 19.8. The second kappa shape index (κ2) is 6.61. The lowest BCUT2D eigenvalue weighted by Crippen LogP contribution is -2.43. The summed E-state index contributed by atoms with van der Waals surface area (Å²) in [6.45, 7) is 3.53. The molecule has 0 aliphatic rings. The molecule has 0 heterocycles. The maximum atomic E-state index is 11.4. The van der Waals surface area contributed by atoms with Gasteiger partial charge in [0.1, 0.15) is 11.5 Å². The second-order valence-corrected chi connectivity index (χ2v) is 4.81. The van der Waals surface area contributed by atoms with Crippen molar-refractivity contribution in [2.45, 2.75) is 38.2 Å². The normalized spacial score (nSPS) is 15.2. The quantitative estimate of drug-likeness (QED) is 0.803. The number of aliphatic hydroxyl groups is 1. The van der Waals surface area contributed by atoms with Gasteiger partial charge in [-0.15, -0.1) is 0 Å². The number of methoxy groups -OCH3 is 2. The van der Waals surface area contributed by atoms with E-state index in [-0.39, 0.29) is 6.42 Å². The fourth-order valence-electron chi connectivity index (χ4n) is 2.32. The third-order valence-corrected chi connectivity index (χ3v) is 3.62. The molecule has 0 bridgehead atoms. The van der Waals surface area contributed by atoms with Gasteiger partial charge in [0, 0.05) is 17.5 Å². The average molecular weight is 282 g/mol. The highest BCUT2D eigenvalue weighted by molar-refractivity contribution is 5.79. The topological polar surface area (TPSA) is 76.0 Å². The first kappa shape index (κ1) is 16.3. The molecular weight excluding hydrogens is 260 g/mol. The van der Waals surface area contributed by atoms with Gasteiger partial charge in [0.2, 0.25) is 0 Å². The zero-order valence-corrected chi connectivity index (χ0v) is 12.3. The molecule has 0 aromatic heterocycles. The molecule has 0 saturated heterocycles. The number of carboxylic acids is 1. The van der Waals surface area contributed by atoms with Crippen molar-refractivity contribution in [1.82, 2.24) is 0 Å². The SMILES string of the molecule is CCCC(O)(C(=O)O)C(C)c1ccc(OC)cc1OC. The molecule has 112 valence electrons. The number of hydrogen-bond acceptors (Lipinski definition) is 4. The van der Waals surface area contributed by atoms with Crippen LogP contribution in [0.1, 0.15) is 38.2 Å². The molecular formula is C15H22O5. The Hall–Kier alpha value is -1.75. The molecule has 0 spiro atoms. The maximum Gasteiger partial charge on any atom is 0.336 e. The smallest absolute Gasteiger partial charge is 0.336 e. The summed E-state index contributed by atoms with van der Waals surface area (Å²) in [7, 11) is 3.05. The Morgan fingerprint density at radius 3 is 2.45 bits per heavy atom. The van der Waals surface area contributed by atoms with Crippen LogP contribution in [0.3, 0.4) is 0 Å². The molecule has 1 aromatic rings. The Bertz CT molecular complexity index is 471. The van der Waals surface area contributed by atoms with E-state index < -0.39 is 17.5 Å². The molecule has 2 N–H and O–H groups in total. The number of aliphatic carboxylic acids is 1. The zero-order chi connectivity index (χ0) is 15.3. The first-order valence-electron chi connectivity index (χ1n) is 6.58. The van der Waals surface area contributed by atoms with Gasteiger partial charge in [-0.3, -0.25) is 0 Å². The van der Waals surface area contributed by atoms with E-state index in [4.69, 9.17) is 9.47 Å². The summed E-state index contributed by atoms with van der Waals surface area (Å²) in [6, 6.07) is 5.13. The van der Waals surface area contributed by atoms with Gasteiger partial charge < -0.3 is 19.7 Å². The van der Waals surface area contributed by atoms with Gasteiger partial charge in [-0.05, 0) is 12.5 Å². The van der Waals surface area contributed by atoms with Crippen LogP contribution in [0.2, 0.25) is 0 Å². The van der Waals surface area contributed by atoms with Crippen LogP contribution in [-0.4, -0.2) is 36.0 Å². The van der Waals surface area contributed by atoms with Crippen molar-refractivity contribution in [3.8, 4) is 11.5 Å². The summed E-state index contributed by atoms with van der Waals surface area (Å²) < 4.78 is 10.4. The van der Waals surface area contributed by atoms with Crippen molar-refractivity contribution < 1.29 is 24.5 Å². The molecule has 0 aliphatic heterocycles. The number of carboxylic acid groups (broad SMARTS) is 1. The first-order valence-corrected chi connectivity index (χ1v) is 6.58. The van der Waals surface area contributed by atoms with Crippen LogP contribution in [0.15, 0.2) is 18.2 Å². The van der Waals surface area contributed by atoms with Gasteiger partial charge in [0.15, 0.2) is 5.60 Å². The van der Waals surface area contributed by atoms with Crippen LogP contribution in [0.25, 0.3) is 0 Å². The van der Waals surface area contributed by atoms with Crippen LogP contribution < -0.4 is 9.47 Å². The van der Waals surface area contributed by atoms with Crippen molar-refractivity contribution in [3.63, 3.8) is 0 Å². The molecule has 5 heteroatoms. The van der Waals surface area contributed by atoms with Crippen LogP contribution in [-0.2, 0) is 4.79 Å². The van der Waals surface area contributed by atoms with E-state index in [1.807, 2.05) is 6.92 Å². The number of hydrogen-bond donors (Lipinski definition) is 2. The molecule has 1 rings (SSSR count). The number of ether oxygens (including phenoxy) is 2. The van der Waals surface area contributed by atoms with Crippen LogP contribution >= 0.6 is 0 Å². The zero-order valence-electron chi connectivity index (χ0n) is 12.3. The van der Waals surface area contributed by atoms with Crippen LogP contribution in [0.5, 0.6) is 11.5 Å². The summed E-state index contributed by atoms with van der Waals surface area (Å²) in [5.41, 5.74) is -1.16. The van der Waals surface area contributed by atoms with E-state index in [1.165, 1.54) is 7.11 Å². The number of carbonyl (C=O) groups is 1. The summed E-state index contributed by atoms with van der Waals surface area (Å²) >= 11 is 0. The molecule has 0 radical (unpaired) electrons. The minimum Gasteiger partial charge on any atom is -0.497 e. The predicted octanol–water partition coefficient (Wildman–Crippen LogP) is 2.42. The number of rotatable bonds is 7. The van der Waals surface area contributed by atoms with E-state index in [9.17, 15) is 15.0 Å². The van der Waals surface area contributed by atoms with Gasteiger partial charge in [0.05, 0.1) is 14.2 Å². The van der Waals surface area contributed by atoms with Gasteiger partial charge >= 0.3 is 5.97 Å². The molecule has 0 saturated carbocycles. The largest absolute Gasteiger partial charge is 0.497 e. The van der Waals surface area contributed by atoms with E-state index >= 15 is 0 Å². The Labute approximate surface area is 119 Å². The van der Waals surface area contributed by atoms with Crippen LogP contribution in [0.4, 0.5) is 0 Å². The van der Waals surface area contributed by atoms with Gasteiger partial charge in [0.25, 0.3) is 0 Å². The monoisotopic (exact) mass is 282 g/mol. The molecule has 0 fully saturated rings. The van der Waals surface area contributed by atoms with Crippen molar-refractivity contribution in [3.05, 3.63) is 23.8 Å². The lowest BCUT2D eigenvalue weighted by molar-refractivity contribution is -0.161. The Kier molecular flexibility index (Phi) is 5.39. The maximum absolute atomic E-state index is 11.4. The fraction of sp³-hybridized carbons (Fsp3) is 0.533. The highest BCUT2D eigenvalue weighted by Crippen LogP contribution is 2.38. The Morgan fingerprint density at radius 1 is 1.35 bits per heavy atom. The van der Waals surface area contributed by atoms with E-state index in [1.54, 1.807) is 32.2 Å². The second-order valence-electron chi connectivity index (χ2n) is 4.81. The van der Waals surface area contributed by atoms with Crippen LogP contribution in [0, 0.1) is 0 Å². The summed E-state index contributed by atoms with van der Waals surface area (Å²) in [6.07, 6.45) is 0.754. The fourth-order valence-corrected chi connectivity index (χ4v) is 2.32. The number of benzene rings is 1. The van der Waals surface area contributed by atoms with Gasteiger partial charge in [-0.1, -0.05) is 26.3 Å². The van der Waals surface area contributed by atoms with Crippen molar-refractivity contribution in [2.75, 3.05) is 14.2 Å². The van der Waals surface area contributed by atoms with Gasteiger partial charge in [-0.2, -0.15) is 0 Å². The molecule has 1 aromatic carbocycles. The lowest BCUT2D eigenvalue weighted by atomic mass is 9.80. The predicted molar refractivity (Wildman–Crippen MR) is 75.5 cm³/mol. The Morgan fingerprint density at radius 2 is 2.00 bits per heavy atom. The van der Waals surface area contributed by atoms with E-state index in [2.05, 4.69) is 0 Å². The first-order chi connectivity index (χ1) is 9.40. The molecule has 0 aliphatic carbocycles. The average Bonchev–Trinajstić information content (AvgIpc) is 2.45. The highest BCUT2D eigenvalue weighted by atomic mass is 16.5. The van der Waals surface area contributed by atoms with Crippen molar-refractivity contribution >= 4 is 5.97 Å². The minimum absolute atomic E-state index is 0.179. The van der Waals surface area contributed by atoms with Crippen molar-refractivity contribution in [1.29, 1.82) is 0 Å². The highest BCUT2D eigenvalue weighted by Gasteiger charge is 2.42. The van der Waals surface area contributed by atoms with Gasteiger partial charge in [-0.25, -0.2) is 4.79 Å². The molecule has 20 heavy (non-hydrogen) atoms. The summed E-state index contributed by atoms with van der Waals surface area (Å²) in [4.78, 5) is 11.4. The standard InChI is InChI=1S/C15H22O5/c1-5-8-15(18,14(16)17)10(2)12-7-6-11(19-3)9-13(12)20-4/h6-7,9-10,18H,5,8H2,1-4H3,(H,16,17). The molecule has 2 atom stereocenters. The van der Waals surface area contributed by atoms with Crippen molar-refractivity contribution in [2.24, 2.45) is 0 Å². The third-order valence-electron chi connectivity index (χ3n) is 3.62. The third kappa shape index (κ3) is 3.04. The molecule has 0 amide bonds. The summed E-state index contributed by atoms with van der Waals surface area (Å²) in [5.74, 6) is -0.690. The Balaban J connectivity index is 3.24. The molecule has 2 unspecified atom stereocenters. The molecule has 5 nitrogen and oxygen atoms in total. The minimum atomic E-state index is -1.81.